The molecule has 4 heteroatoms. The van der Waals surface area contributed by atoms with Crippen LogP contribution in [0.15, 0.2) is 24.3 Å². The summed E-state index contributed by atoms with van der Waals surface area (Å²) >= 11 is 0. The van der Waals surface area contributed by atoms with E-state index in [1.54, 1.807) is 7.11 Å². The topological polar surface area (TPSA) is 44.7 Å². The Morgan fingerprint density at radius 2 is 1.88 bits per heavy atom. The molecule has 136 valence electrons. The third kappa shape index (κ3) is 6.33. The van der Waals surface area contributed by atoms with Crippen LogP contribution in [0.5, 0.6) is 5.75 Å². The first-order chi connectivity index (χ1) is 11.4. The Balaban J connectivity index is 1.70. The first kappa shape index (κ1) is 19.1. The lowest BCUT2D eigenvalue weighted by Crippen LogP contribution is -2.45. The number of ether oxygens (including phenoxy) is 1. The van der Waals surface area contributed by atoms with Crippen molar-refractivity contribution in [2.24, 2.45) is 0 Å². The summed E-state index contributed by atoms with van der Waals surface area (Å²) in [5, 5.41) is 13.6. The van der Waals surface area contributed by atoms with Gasteiger partial charge in [-0.2, -0.15) is 0 Å². The van der Waals surface area contributed by atoms with Crippen molar-refractivity contribution in [2.45, 2.75) is 70.6 Å². The minimum Gasteiger partial charge on any atom is -0.497 e. The number of piperidine rings is 1. The first-order valence-electron chi connectivity index (χ1n) is 9.25. The molecule has 0 amide bonds. The van der Waals surface area contributed by atoms with Crippen LogP contribution in [-0.2, 0) is 0 Å². The highest BCUT2D eigenvalue weighted by Crippen LogP contribution is 2.23. The SMILES string of the molecule is COc1ccc(N2CCC(N[C@H](C)CCCC(C)(C)O)CC2)cc1. The molecule has 1 heterocycles. The molecule has 0 radical (unpaired) electrons. The zero-order valence-electron chi connectivity index (χ0n) is 15.7. The van der Waals surface area contributed by atoms with E-state index in [4.69, 9.17) is 4.74 Å². The zero-order chi connectivity index (χ0) is 17.6. The second-order valence-corrected chi connectivity index (χ2v) is 7.73. The van der Waals surface area contributed by atoms with Crippen molar-refractivity contribution in [3.63, 3.8) is 0 Å². The number of nitrogens with one attached hydrogen (secondary N) is 1. The van der Waals surface area contributed by atoms with Crippen molar-refractivity contribution in [1.29, 1.82) is 0 Å². The lowest BCUT2D eigenvalue weighted by Gasteiger charge is -2.35. The number of rotatable bonds is 8. The number of hydrogen-bond donors (Lipinski definition) is 2. The standard InChI is InChI=1S/C20H34N2O2/c1-16(6-5-13-20(2,3)23)21-17-11-14-22(15-12-17)18-7-9-19(24-4)10-8-18/h7-10,16-17,21,23H,5-6,11-15H2,1-4H3/t16-/m1/s1. The van der Waals surface area contributed by atoms with Crippen LogP contribution in [0.2, 0.25) is 0 Å². The molecule has 1 aliphatic rings. The fourth-order valence-corrected chi connectivity index (χ4v) is 3.42. The Morgan fingerprint density at radius 3 is 2.42 bits per heavy atom. The van der Waals surface area contributed by atoms with E-state index in [9.17, 15) is 5.11 Å². The van der Waals surface area contributed by atoms with Crippen LogP contribution in [-0.4, -0.2) is 43.0 Å². The number of anilines is 1. The van der Waals surface area contributed by atoms with Gasteiger partial charge in [0.1, 0.15) is 5.75 Å². The second kappa shape index (κ2) is 8.72. The molecule has 2 N–H and O–H groups in total. The Morgan fingerprint density at radius 1 is 1.25 bits per heavy atom. The highest BCUT2D eigenvalue weighted by Gasteiger charge is 2.21. The second-order valence-electron chi connectivity index (χ2n) is 7.73. The molecule has 0 saturated carbocycles. The van der Waals surface area contributed by atoms with Gasteiger partial charge in [0.2, 0.25) is 0 Å². The molecule has 4 nitrogen and oxygen atoms in total. The summed E-state index contributed by atoms with van der Waals surface area (Å²) in [6.07, 6.45) is 5.43. The van der Waals surface area contributed by atoms with Gasteiger partial charge in [0, 0.05) is 30.9 Å². The highest BCUT2D eigenvalue weighted by molar-refractivity contribution is 5.49. The van der Waals surface area contributed by atoms with E-state index < -0.39 is 5.60 Å². The van der Waals surface area contributed by atoms with Crippen LogP contribution < -0.4 is 15.0 Å². The number of nitrogens with zero attached hydrogens (tertiary/aromatic N) is 1. The van der Waals surface area contributed by atoms with Gasteiger partial charge in [-0.15, -0.1) is 0 Å². The van der Waals surface area contributed by atoms with Crippen molar-refractivity contribution in [3.8, 4) is 5.75 Å². The molecule has 0 spiro atoms. The molecule has 0 aliphatic carbocycles. The maximum absolute atomic E-state index is 9.79. The van der Waals surface area contributed by atoms with Crippen molar-refractivity contribution in [1.82, 2.24) is 5.32 Å². The highest BCUT2D eigenvalue weighted by atomic mass is 16.5. The average molecular weight is 335 g/mol. The van der Waals surface area contributed by atoms with Crippen LogP contribution in [0.25, 0.3) is 0 Å². The van der Waals surface area contributed by atoms with Crippen molar-refractivity contribution >= 4 is 5.69 Å². The maximum atomic E-state index is 9.79. The Kier molecular flexibility index (Phi) is 6.93. The van der Waals surface area contributed by atoms with Crippen LogP contribution >= 0.6 is 0 Å². The molecule has 0 unspecified atom stereocenters. The van der Waals surface area contributed by atoms with Crippen molar-refractivity contribution < 1.29 is 9.84 Å². The number of hydrogen-bond acceptors (Lipinski definition) is 4. The van der Waals surface area contributed by atoms with Crippen LogP contribution in [0.4, 0.5) is 5.69 Å². The summed E-state index contributed by atoms with van der Waals surface area (Å²) in [7, 11) is 1.70. The van der Waals surface area contributed by atoms with E-state index in [1.807, 2.05) is 26.0 Å². The van der Waals surface area contributed by atoms with Gasteiger partial charge in [0.15, 0.2) is 0 Å². The molecule has 2 rings (SSSR count). The van der Waals surface area contributed by atoms with Crippen molar-refractivity contribution in [2.75, 3.05) is 25.1 Å². The molecular weight excluding hydrogens is 300 g/mol. The monoisotopic (exact) mass is 334 g/mol. The predicted octanol–water partition coefficient (Wildman–Crippen LogP) is 3.58. The smallest absolute Gasteiger partial charge is 0.119 e. The van der Waals surface area contributed by atoms with E-state index in [-0.39, 0.29) is 0 Å². The van der Waals surface area contributed by atoms with Crippen LogP contribution in [0.3, 0.4) is 0 Å². The molecule has 0 bridgehead atoms. The summed E-state index contributed by atoms with van der Waals surface area (Å²) in [6.45, 7) is 8.24. The maximum Gasteiger partial charge on any atom is 0.119 e. The fraction of sp³-hybridized carbons (Fsp3) is 0.700. The molecule has 1 aliphatic heterocycles. The molecule has 1 fully saturated rings. The lowest BCUT2D eigenvalue weighted by molar-refractivity contribution is 0.0673. The summed E-state index contributed by atoms with van der Waals surface area (Å²) in [6, 6.07) is 9.48. The van der Waals surface area contributed by atoms with Gasteiger partial charge in [-0.25, -0.2) is 0 Å². The number of methoxy groups -OCH3 is 1. The molecule has 0 aromatic heterocycles. The third-order valence-corrected chi connectivity index (χ3v) is 4.88. The molecule has 1 aromatic rings. The van der Waals surface area contributed by atoms with Gasteiger partial charge in [-0.05, 0) is 77.1 Å². The van der Waals surface area contributed by atoms with Crippen LogP contribution in [0.1, 0.15) is 52.9 Å². The summed E-state index contributed by atoms with van der Waals surface area (Å²) in [5.41, 5.74) is 0.746. The van der Waals surface area contributed by atoms with Gasteiger partial charge in [-0.1, -0.05) is 0 Å². The Hall–Kier alpha value is -1.26. The van der Waals surface area contributed by atoms with Crippen molar-refractivity contribution in [3.05, 3.63) is 24.3 Å². The first-order valence-corrected chi connectivity index (χ1v) is 9.25. The third-order valence-electron chi connectivity index (χ3n) is 4.88. The molecule has 1 saturated heterocycles. The fourth-order valence-electron chi connectivity index (χ4n) is 3.42. The Labute approximate surface area is 147 Å². The number of aliphatic hydroxyl groups is 1. The van der Waals surface area contributed by atoms with Gasteiger partial charge >= 0.3 is 0 Å². The van der Waals surface area contributed by atoms with E-state index in [1.165, 1.54) is 18.5 Å². The molecular formula is C20H34N2O2. The minimum atomic E-state index is -0.538. The minimum absolute atomic E-state index is 0.518. The number of benzene rings is 1. The zero-order valence-corrected chi connectivity index (χ0v) is 15.7. The summed E-state index contributed by atoms with van der Waals surface area (Å²) in [4.78, 5) is 2.45. The van der Waals surface area contributed by atoms with E-state index >= 15 is 0 Å². The summed E-state index contributed by atoms with van der Waals surface area (Å²) in [5.74, 6) is 0.912. The van der Waals surface area contributed by atoms with Crippen LogP contribution in [0, 0.1) is 0 Å². The normalized spacial score (nSPS) is 17.8. The predicted molar refractivity (Wildman–Crippen MR) is 101 cm³/mol. The molecule has 24 heavy (non-hydrogen) atoms. The van der Waals surface area contributed by atoms with E-state index in [2.05, 4.69) is 29.3 Å². The summed E-state index contributed by atoms with van der Waals surface area (Å²) < 4.78 is 5.23. The van der Waals surface area contributed by atoms with Gasteiger partial charge < -0.3 is 20.1 Å². The lowest BCUT2D eigenvalue weighted by atomic mass is 9.98. The molecule has 1 aromatic carbocycles. The van der Waals surface area contributed by atoms with E-state index in [0.717, 1.165) is 38.1 Å². The van der Waals surface area contributed by atoms with E-state index in [0.29, 0.717) is 12.1 Å². The Bertz CT molecular complexity index is 473. The largest absolute Gasteiger partial charge is 0.497 e. The quantitative estimate of drug-likeness (QED) is 0.763. The van der Waals surface area contributed by atoms with Gasteiger partial charge in [-0.3, -0.25) is 0 Å². The average Bonchev–Trinajstić information content (AvgIpc) is 2.54. The van der Waals surface area contributed by atoms with Gasteiger partial charge in [0.25, 0.3) is 0 Å². The molecule has 1 atom stereocenters. The van der Waals surface area contributed by atoms with Gasteiger partial charge in [0.05, 0.1) is 12.7 Å².